The van der Waals surface area contributed by atoms with Gasteiger partial charge in [0.05, 0.1) is 5.56 Å². The Morgan fingerprint density at radius 3 is 2.65 bits per heavy atom. The Labute approximate surface area is 236 Å². The van der Waals surface area contributed by atoms with Gasteiger partial charge in [-0.3, -0.25) is 9.59 Å². The molecule has 1 aliphatic carbocycles. The van der Waals surface area contributed by atoms with Crippen molar-refractivity contribution >= 4 is 30.0 Å². The lowest BCUT2D eigenvalue weighted by Gasteiger charge is -2.26. The van der Waals surface area contributed by atoms with Crippen LogP contribution in [0.1, 0.15) is 51.0 Å². The highest BCUT2D eigenvalue weighted by molar-refractivity contribution is 5.95. The van der Waals surface area contributed by atoms with Crippen LogP contribution in [0, 0.1) is 0 Å². The van der Waals surface area contributed by atoms with E-state index in [1.54, 1.807) is 31.3 Å². The van der Waals surface area contributed by atoms with Crippen molar-refractivity contribution < 1.29 is 27.5 Å². The van der Waals surface area contributed by atoms with Crippen LogP contribution in [-0.2, 0) is 36.8 Å². The third-order valence-corrected chi connectivity index (χ3v) is 6.92. The molecule has 1 aliphatic heterocycles. The van der Waals surface area contributed by atoms with Crippen LogP contribution in [0.15, 0.2) is 48.7 Å². The quantitative estimate of drug-likeness (QED) is 0.403. The largest absolute Gasteiger partial charge is 0.457 e. The summed E-state index contributed by atoms with van der Waals surface area (Å²) < 4.78 is 46.7. The van der Waals surface area contributed by atoms with Gasteiger partial charge in [-0.2, -0.15) is 13.2 Å². The van der Waals surface area contributed by atoms with E-state index in [4.69, 9.17) is 4.74 Å². The molecule has 1 aromatic heterocycles. The van der Waals surface area contributed by atoms with Crippen LogP contribution in [0.25, 0.3) is 0 Å². The molecule has 0 saturated carbocycles. The Balaban J connectivity index is 0.00000370. The van der Waals surface area contributed by atoms with Gasteiger partial charge in [-0.05, 0) is 92.9 Å². The van der Waals surface area contributed by atoms with E-state index in [2.05, 4.69) is 15.6 Å². The van der Waals surface area contributed by atoms with E-state index < -0.39 is 17.6 Å². The van der Waals surface area contributed by atoms with Gasteiger partial charge in [-0.1, -0.05) is 6.07 Å². The van der Waals surface area contributed by atoms with E-state index in [0.29, 0.717) is 48.6 Å². The Morgan fingerprint density at radius 2 is 1.90 bits per heavy atom. The summed E-state index contributed by atoms with van der Waals surface area (Å²) in [4.78, 5) is 30.7. The number of amides is 2. The van der Waals surface area contributed by atoms with E-state index in [0.717, 1.165) is 35.2 Å². The zero-order valence-corrected chi connectivity index (χ0v) is 22.9. The predicted molar refractivity (Wildman–Crippen MR) is 147 cm³/mol. The molecule has 40 heavy (non-hydrogen) atoms. The molecule has 0 fully saturated rings. The topological polar surface area (TPSA) is 83.6 Å². The van der Waals surface area contributed by atoms with Crippen molar-refractivity contribution in [1.82, 2.24) is 15.2 Å². The molecule has 3 aromatic rings. The molecule has 2 aliphatic rings. The Hall–Kier alpha value is -3.63. The van der Waals surface area contributed by atoms with Crippen LogP contribution >= 0.6 is 12.4 Å². The number of aryl methyl sites for hydroxylation is 1. The average molecular weight is 575 g/mol. The number of carbonyl (C=O) groups excluding carboxylic acids is 2. The van der Waals surface area contributed by atoms with Gasteiger partial charge in [0.2, 0.25) is 5.91 Å². The fraction of sp³-hybridized carbons (Fsp3) is 0.345. The standard InChI is InChI=1S/C29H29F3N4O3.ClH/c1-36(2)16-17-11-20(13-21(12-17)29(30,31)32)28(38)34-22-5-3-18-4-6-23(15-19(18)14-22)39-25-9-10-33-27-24(25)7-8-26(37)35-27;/h4,6,9-13,15,22H,3,5,7-8,14,16H2,1-2H3,(H,34,38)(H,33,35,37);1H/t22-;/m1./s1. The summed E-state index contributed by atoms with van der Waals surface area (Å²) >= 11 is 0. The van der Waals surface area contributed by atoms with Gasteiger partial charge in [0.1, 0.15) is 17.3 Å². The van der Waals surface area contributed by atoms with E-state index in [1.807, 2.05) is 18.2 Å². The van der Waals surface area contributed by atoms with Crippen LogP contribution in [-0.4, -0.2) is 41.8 Å². The first-order valence-corrected chi connectivity index (χ1v) is 12.8. The maximum Gasteiger partial charge on any atom is 0.416 e. The normalized spacial score (nSPS) is 16.4. The minimum absolute atomic E-state index is 0. The summed E-state index contributed by atoms with van der Waals surface area (Å²) in [6.07, 6.45) is -0.116. The van der Waals surface area contributed by atoms with Gasteiger partial charge in [-0.15, -0.1) is 12.4 Å². The second kappa shape index (κ2) is 11.9. The number of pyridine rings is 1. The van der Waals surface area contributed by atoms with Gasteiger partial charge in [0.15, 0.2) is 0 Å². The second-order valence-electron chi connectivity index (χ2n) is 10.3. The molecular weight excluding hydrogens is 545 g/mol. The molecule has 5 rings (SSSR count). The van der Waals surface area contributed by atoms with Gasteiger partial charge < -0.3 is 20.3 Å². The molecule has 2 heterocycles. The van der Waals surface area contributed by atoms with E-state index in [-0.39, 0.29) is 36.5 Å². The zero-order chi connectivity index (χ0) is 27.7. The lowest BCUT2D eigenvalue weighted by atomic mass is 9.88. The first kappa shape index (κ1) is 29.4. The number of nitrogens with zero attached hydrogens (tertiary/aromatic N) is 2. The SMILES string of the molecule is CN(C)Cc1cc(C(=O)N[C@@H]2CCc3ccc(Oc4ccnc5c4CCC(=O)N5)cc3C2)cc(C(F)(F)F)c1.Cl. The molecular formula is C29H30ClF3N4O3. The van der Waals surface area contributed by atoms with Crippen molar-refractivity contribution in [2.75, 3.05) is 19.4 Å². The molecule has 0 unspecified atom stereocenters. The summed E-state index contributed by atoms with van der Waals surface area (Å²) in [6.45, 7) is 0.289. The van der Waals surface area contributed by atoms with Gasteiger partial charge >= 0.3 is 6.18 Å². The van der Waals surface area contributed by atoms with Crippen molar-refractivity contribution in [2.24, 2.45) is 0 Å². The number of fused-ring (bicyclic) bond motifs is 2. The number of aromatic nitrogens is 1. The lowest BCUT2D eigenvalue weighted by molar-refractivity contribution is -0.137. The summed E-state index contributed by atoms with van der Waals surface area (Å²) in [5, 5.41) is 5.70. The number of anilines is 1. The van der Waals surface area contributed by atoms with E-state index >= 15 is 0 Å². The molecule has 7 nitrogen and oxygen atoms in total. The first-order valence-electron chi connectivity index (χ1n) is 12.8. The summed E-state index contributed by atoms with van der Waals surface area (Å²) in [5.74, 6) is 1.16. The zero-order valence-electron chi connectivity index (χ0n) is 22.1. The third kappa shape index (κ3) is 6.74. The number of benzene rings is 2. The minimum Gasteiger partial charge on any atom is -0.457 e. The van der Waals surface area contributed by atoms with Gasteiger partial charge in [0.25, 0.3) is 5.91 Å². The molecule has 2 N–H and O–H groups in total. The number of rotatable bonds is 6. The Kier molecular flexibility index (Phi) is 8.70. The molecule has 1 atom stereocenters. The monoisotopic (exact) mass is 574 g/mol. The van der Waals surface area contributed by atoms with E-state index in [1.165, 1.54) is 6.07 Å². The highest BCUT2D eigenvalue weighted by Gasteiger charge is 2.32. The fourth-order valence-corrected chi connectivity index (χ4v) is 5.11. The predicted octanol–water partition coefficient (Wildman–Crippen LogP) is 5.55. The maximum atomic E-state index is 13.5. The van der Waals surface area contributed by atoms with Crippen LogP contribution in [0.5, 0.6) is 11.5 Å². The number of carbonyl (C=O) groups is 2. The number of halogens is 4. The summed E-state index contributed by atoms with van der Waals surface area (Å²) in [7, 11) is 3.53. The second-order valence-corrected chi connectivity index (χ2v) is 10.3. The van der Waals surface area contributed by atoms with Crippen molar-refractivity contribution in [1.29, 1.82) is 0 Å². The molecule has 212 valence electrons. The Bertz CT molecular complexity index is 1430. The lowest BCUT2D eigenvalue weighted by Crippen LogP contribution is -2.39. The van der Waals surface area contributed by atoms with Crippen molar-refractivity contribution in [3.8, 4) is 11.5 Å². The number of nitrogens with one attached hydrogen (secondary N) is 2. The van der Waals surface area contributed by atoms with Gasteiger partial charge in [-0.25, -0.2) is 4.98 Å². The van der Waals surface area contributed by atoms with Crippen LogP contribution in [0.4, 0.5) is 19.0 Å². The van der Waals surface area contributed by atoms with Crippen LogP contribution in [0.2, 0.25) is 0 Å². The van der Waals surface area contributed by atoms with Crippen molar-refractivity contribution in [2.45, 2.75) is 50.9 Å². The number of ether oxygens (including phenoxy) is 1. The van der Waals surface area contributed by atoms with Crippen molar-refractivity contribution in [3.63, 3.8) is 0 Å². The maximum absolute atomic E-state index is 13.5. The number of alkyl halides is 3. The molecule has 11 heteroatoms. The fourth-order valence-electron chi connectivity index (χ4n) is 5.11. The molecule has 0 radical (unpaired) electrons. The highest BCUT2D eigenvalue weighted by atomic mass is 35.5. The van der Waals surface area contributed by atoms with Crippen LogP contribution in [0.3, 0.4) is 0 Å². The van der Waals surface area contributed by atoms with Gasteiger partial charge in [0, 0.05) is 36.3 Å². The number of hydrogen-bond acceptors (Lipinski definition) is 5. The summed E-state index contributed by atoms with van der Waals surface area (Å²) in [6, 6.07) is 10.9. The molecule has 0 saturated heterocycles. The molecule has 0 bridgehead atoms. The third-order valence-electron chi connectivity index (χ3n) is 6.92. The molecule has 2 amide bonds. The summed E-state index contributed by atoms with van der Waals surface area (Å²) in [5.41, 5.74) is 2.59. The highest BCUT2D eigenvalue weighted by Crippen LogP contribution is 2.35. The molecule has 0 spiro atoms. The van der Waals surface area contributed by atoms with Crippen LogP contribution < -0.4 is 15.4 Å². The first-order chi connectivity index (χ1) is 18.5. The van der Waals surface area contributed by atoms with Crippen molar-refractivity contribution in [3.05, 3.63) is 82.0 Å². The van der Waals surface area contributed by atoms with E-state index in [9.17, 15) is 22.8 Å². The smallest absolute Gasteiger partial charge is 0.416 e. The Morgan fingerprint density at radius 1 is 1.10 bits per heavy atom. The number of hydrogen-bond donors (Lipinski definition) is 2. The minimum atomic E-state index is -4.54. The average Bonchev–Trinajstić information content (AvgIpc) is 2.87. The molecule has 2 aromatic carbocycles.